The standard InChI is InChI=1S/C15H18Cl2N2O/c1-2-3-4-5-9-12-14(15(18)19-20-12)13-10(16)7-6-8-11(13)17/h6-8H,2-5,9H2,1H3,(H2,18,19). The average Bonchev–Trinajstić information content (AvgIpc) is 2.77. The van der Waals surface area contributed by atoms with E-state index in [-0.39, 0.29) is 0 Å². The first-order chi connectivity index (χ1) is 9.65. The first-order valence-electron chi connectivity index (χ1n) is 6.83. The third-order valence-corrected chi connectivity index (χ3v) is 3.89. The molecule has 20 heavy (non-hydrogen) atoms. The van der Waals surface area contributed by atoms with Crippen LogP contribution in [0.15, 0.2) is 22.7 Å². The second kappa shape index (κ2) is 7.00. The first-order valence-corrected chi connectivity index (χ1v) is 7.59. The highest BCUT2D eigenvalue weighted by Gasteiger charge is 2.20. The fourth-order valence-electron chi connectivity index (χ4n) is 2.23. The zero-order valence-electron chi connectivity index (χ0n) is 11.5. The highest BCUT2D eigenvalue weighted by atomic mass is 35.5. The Morgan fingerprint density at radius 1 is 1.10 bits per heavy atom. The second-order valence-electron chi connectivity index (χ2n) is 4.77. The van der Waals surface area contributed by atoms with E-state index in [0.29, 0.717) is 21.4 Å². The van der Waals surface area contributed by atoms with Crippen LogP contribution in [0.4, 0.5) is 5.82 Å². The predicted octanol–water partition coefficient (Wildman–Crippen LogP) is 5.35. The van der Waals surface area contributed by atoms with Crippen molar-refractivity contribution in [3.05, 3.63) is 34.0 Å². The molecule has 5 heteroatoms. The van der Waals surface area contributed by atoms with Crippen LogP contribution in [-0.2, 0) is 6.42 Å². The number of anilines is 1. The van der Waals surface area contributed by atoms with Crippen molar-refractivity contribution in [2.24, 2.45) is 0 Å². The average molecular weight is 313 g/mol. The van der Waals surface area contributed by atoms with Gasteiger partial charge in [0.05, 0.1) is 15.6 Å². The second-order valence-corrected chi connectivity index (χ2v) is 5.59. The fourth-order valence-corrected chi connectivity index (χ4v) is 2.81. The Hall–Kier alpha value is -1.19. The molecule has 2 aromatic rings. The van der Waals surface area contributed by atoms with Crippen molar-refractivity contribution in [2.45, 2.75) is 39.0 Å². The van der Waals surface area contributed by atoms with Crippen molar-refractivity contribution >= 4 is 29.0 Å². The number of unbranched alkanes of at least 4 members (excludes halogenated alkanes) is 3. The van der Waals surface area contributed by atoms with E-state index in [2.05, 4.69) is 12.1 Å². The Labute approximate surface area is 129 Å². The number of aromatic nitrogens is 1. The number of aryl methyl sites for hydroxylation is 1. The van der Waals surface area contributed by atoms with E-state index in [1.807, 2.05) is 0 Å². The maximum Gasteiger partial charge on any atom is 0.175 e. The number of rotatable bonds is 6. The number of nitrogen functional groups attached to an aromatic ring is 1. The van der Waals surface area contributed by atoms with Gasteiger partial charge in [0.25, 0.3) is 0 Å². The van der Waals surface area contributed by atoms with Crippen LogP contribution in [0.1, 0.15) is 38.4 Å². The molecular formula is C15H18Cl2N2O. The molecule has 0 spiro atoms. The van der Waals surface area contributed by atoms with E-state index >= 15 is 0 Å². The highest BCUT2D eigenvalue weighted by molar-refractivity contribution is 6.39. The van der Waals surface area contributed by atoms with Crippen LogP contribution in [0.25, 0.3) is 11.1 Å². The van der Waals surface area contributed by atoms with E-state index in [0.717, 1.165) is 30.6 Å². The molecule has 1 aromatic carbocycles. The highest BCUT2D eigenvalue weighted by Crippen LogP contribution is 2.40. The number of nitrogens with two attached hydrogens (primary N) is 1. The SMILES string of the molecule is CCCCCCc1onc(N)c1-c1c(Cl)cccc1Cl. The monoisotopic (exact) mass is 312 g/mol. The Bertz CT molecular complexity index is 561. The van der Waals surface area contributed by atoms with Gasteiger partial charge >= 0.3 is 0 Å². The van der Waals surface area contributed by atoms with Gasteiger partial charge in [-0.15, -0.1) is 0 Å². The summed E-state index contributed by atoms with van der Waals surface area (Å²) in [5.41, 5.74) is 7.36. The topological polar surface area (TPSA) is 52.0 Å². The van der Waals surface area contributed by atoms with Gasteiger partial charge in [-0.05, 0) is 18.6 Å². The lowest BCUT2D eigenvalue weighted by Gasteiger charge is -2.07. The summed E-state index contributed by atoms with van der Waals surface area (Å²) in [6.07, 6.45) is 5.40. The van der Waals surface area contributed by atoms with Gasteiger partial charge < -0.3 is 10.3 Å². The van der Waals surface area contributed by atoms with Crippen molar-refractivity contribution in [3.8, 4) is 11.1 Å². The van der Waals surface area contributed by atoms with Gasteiger partial charge in [0.1, 0.15) is 5.76 Å². The molecule has 2 N–H and O–H groups in total. The van der Waals surface area contributed by atoms with E-state index < -0.39 is 0 Å². The summed E-state index contributed by atoms with van der Waals surface area (Å²) in [4.78, 5) is 0. The summed E-state index contributed by atoms with van der Waals surface area (Å²) in [5.74, 6) is 1.10. The molecule has 0 saturated carbocycles. The van der Waals surface area contributed by atoms with Crippen molar-refractivity contribution in [1.29, 1.82) is 0 Å². The number of hydrogen-bond acceptors (Lipinski definition) is 3. The molecule has 0 saturated heterocycles. The van der Waals surface area contributed by atoms with Gasteiger partial charge in [-0.2, -0.15) is 0 Å². The number of halogens is 2. The van der Waals surface area contributed by atoms with Gasteiger partial charge in [0.15, 0.2) is 5.82 Å². The molecule has 0 aliphatic heterocycles. The first kappa shape index (κ1) is 15.2. The lowest BCUT2D eigenvalue weighted by molar-refractivity contribution is 0.382. The van der Waals surface area contributed by atoms with Gasteiger partial charge in [-0.1, -0.05) is 60.6 Å². The van der Waals surface area contributed by atoms with Crippen LogP contribution in [0.5, 0.6) is 0 Å². The number of hydrogen-bond donors (Lipinski definition) is 1. The minimum Gasteiger partial charge on any atom is -0.380 e. The summed E-state index contributed by atoms with van der Waals surface area (Å²) < 4.78 is 5.35. The van der Waals surface area contributed by atoms with Crippen LogP contribution in [-0.4, -0.2) is 5.16 Å². The van der Waals surface area contributed by atoms with E-state index in [1.165, 1.54) is 12.8 Å². The molecular weight excluding hydrogens is 295 g/mol. The molecule has 0 unspecified atom stereocenters. The van der Waals surface area contributed by atoms with Crippen LogP contribution in [0.3, 0.4) is 0 Å². The van der Waals surface area contributed by atoms with Crippen LogP contribution in [0, 0.1) is 0 Å². The molecule has 0 bridgehead atoms. The zero-order valence-corrected chi connectivity index (χ0v) is 13.0. The van der Waals surface area contributed by atoms with Crippen molar-refractivity contribution in [2.75, 3.05) is 5.73 Å². The molecule has 0 atom stereocenters. The molecule has 3 nitrogen and oxygen atoms in total. The quantitative estimate of drug-likeness (QED) is 0.731. The lowest BCUT2D eigenvalue weighted by atomic mass is 10.0. The van der Waals surface area contributed by atoms with Gasteiger partial charge in [0.2, 0.25) is 0 Å². The summed E-state index contributed by atoms with van der Waals surface area (Å²) in [7, 11) is 0. The molecule has 1 aromatic heterocycles. The number of benzene rings is 1. The molecule has 0 aliphatic rings. The lowest BCUT2D eigenvalue weighted by Crippen LogP contribution is -1.93. The zero-order chi connectivity index (χ0) is 14.5. The molecule has 0 radical (unpaired) electrons. The molecule has 2 rings (SSSR count). The Morgan fingerprint density at radius 2 is 1.80 bits per heavy atom. The summed E-state index contributed by atoms with van der Waals surface area (Å²) in [6.45, 7) is 2.18. The molecule has 0 amide bonds. The number of nitrogens with zero attached hydrogens (tertiary/aromatic N) is 1. The third kappa shape index (κ3) is 3.28. The maximum absolute atomic E-state index is 6.24. The van der Waals surface area contributed by atoms with Crippen LogP contribution in [0.2, 0.25) is 10.0 Å². The Kier molecular flexibility index (Phi) is 5.32. The molecule has 0 fully saturated rings. The predicted molar refractivity (Wildman–Crippen MR) is 84.2 cm³/mol. The van der Waals surface area contributed by atoms with E-state index in [9.17, 15) is 0 Å². The van der Waals surface area contributed by atoms with E-state index in [1.54, 1.807) is 18.2 Å². The Morgan fingerprint density at radius 3 is 2.45 bits per heavy atom. The van der Waals surface area contributed by atoms with E-state index in [4.69, 9.17) is 33.5 Å². The van der Waals surface area contributed by atoms with Gasteiger partial charge in [-0.25, -0.2) is 0 Å². The molecule has 108 valence electrons. The van der Waals surface area contributed by atoms with Gasteiger partial charge in [-0.3, -0.25) is 0 Å². The minimum atomic E-state index is 0.338. The van der Waals surface area contributed by atoms with Crippen LogP contribution >= 0.6 is 23.2 Å². The smallest absolute Gasteiger partial charge is 0.175 e. The summed E-state index contributed by atoms with van der Waals surface area (Å²) in [5, 5.41) is 4.97. The van der Waals surface area contributed by atoms with Crippen molar-refractivity contribution < 1.29 is 4.52 Å². The summed E-state index contributed by atoms with van der Waals surface area (Å²) in [6, 6.07) is 5.38. The summed E-state index contributed by atoms with van der Waals surface area (Å²) >= 11 is 12.5. The van der Waals surface area contributed by atoms with Gasteiger partial charge in [0, 0.05) is 12.0 Å². The molecule has 0 aliphatic carbocycles. The normalized spacial score (nSPS) is 10.9. The largest absolute Gasteiger partial charge is 0.380 e. The maximum atomic E-state index is 6.24. The van der Waals surface area contributed by atoms with Crippen LogP contribution < -0.4 is 5.73 Å². The Balaban J connectivity index is 2.29. The molecule has 1 heterocycles. The van der Waals surface area contributed by atoms with Crippen molar-refractivity contribution in [3.63, 3.8) is 0 Å². The van der Waals surface area contributed by atoms with Crippen molar-refractivity contribution in [1.82, 2.24) is 5.16 Å². The third-order valence-electron chi connectivity index (χ3n) is 3.26. The fraction of sp³-hybridized carbons (Fsp3) is 0.400. The minimum absolute atomic E-state index is 0.338.